The van der Waals surface area contributed by atoms with E-state index in [0.29, 0.717) is 45.2 Å². The van der Waals surface area contributed by atoms with Gasteiger partial charge in [0.2, 0.25) is 17.8 Å². The summed E-state index contributed by atoms with van der Waals surface area (Å²) in [7, 11) is 1.51. The lowest BCUT2D eigenvalue weighted by Gasteiger charge is -2.47. The summed E-state index contributed by atoms with van der Waals surface area (Å²) >= 11 is 6.60. The van der Waals surface area contributed by atoms with E-state index in [1.807, 2.05) is 39.0 Å². The van der Waals surface area contributed by atoms with E-state index >= 15 is 4.39 Å². The molecular formula is C47H55ClFN9O7. The molecule has 4 aliphatic heterocycles. The fraction of sp³-hybridized carbons (Fsp3) is 0.511. The fourth-order valence-corrected chi connectivity index (χ4v) is 10.4. The summed E-state index contributed by atoms with van der Waals surface area (Å²) in [5.41, 5.74) is 3.25. The number of aryl methyl sites for hydroxylation is 1. The average Bonchev–Trinajstić information content (AvgIpc) is 3.60. The van der Waals surface area contributed by atoms with Crippen LogP contribution in [0.4, 0.5) is 21.8 Å². The molecule has 1 saturated carbocycles. The Balaban J connectivity index is 0.754. The third-order valence-electron chi connectivity index (χ3n) is 13.8. The summed E-state index contributed by atoms with van der Waals surface area (Å²) in [6.45, 7) is 8.68. The number of halogens is 2. The molecule has 4 fully saturated rings. The van der Waals surface area contributed by atoms with Crippen molar-refractivity contribution in [3.8, 4) is 5.75 Å². The minimum atomic E-state index is -0.773. The quantitative estimate of drug-likeness (QED) is 0.152. The maximum absolute atomic E-state index is 16.3. The number of rotatable bonds is 12. The molecule has 6 heterocycles. The van der Waals surface area contributed by atoms with Crippen molar-refractivity contribution in [1.29, 1.82) is 0 Å². The van der Waals surface area contributed by atoms with Crippen molar-refractivity contribution in [1.82, 2.24) is 35.0 Å². The number of ether oxygens (including phenoxy) is 2. The number of pyridine rings is 1. The molecule has 0 spiro atoms. The van der Waals surface area contributed by atoms with Crippen molar-refractivity contribution in [3.63, 3.8) is 0 Å². The highest BCUT2D eigenvalue weighted by Gasteiger charge is 2.43. The lowest BCUT2D eigenvalue weighted by molar-refractivity contribution is -0.137. The summed E-state index contributed by atoms with van der Waals surface area (Å²) in [5.74, 6) is -0.710. The van der Waals surface area contributed by atoms with Gasteiger partial charge in [-0.2, -0.15) is 4.98 Å². The van der Waals surface area contributed by atoms with Crippen LogP contribution in [0.5, 0.6) is 5.75 Å². The molecule has 4 aromatic rings. The first kappa shape index (κ1) is 44.5. The van der Waals surface area contributed by atoms with E-state index in [0.717, 1.165) is 81.2 Å². The van der Waals surface area contributed by atoms with Gasteiger partial charge >= 0.3 is 0 Å². The van der Waals surface area contributed by atoms with Crippen molar-refractivity contribution in [3.05, 3.63) is 80.0 Å². The van der Waals surface area contributed by atoms with Gasteiger partial charge in [0, 0.05) is 60.8 Å². The van der Waals surface area contributed by atoms with Gasteiger partial charge in [-0.15, -0.1) is 0 Å². The number of nitrogens with one attached hydrogen (secondary N) is 3. The van der Waals surface area contributed by atoms with E-state index in [4.69, 9.17) is 26.1 Å². The Hall–Kier alpha value is -5.65. The van der Waals surface area contributed by atoms with Gasteiger partial charge in [-0.3, -0.25) is 29.3 Å². The van der Waals surface area contributed by atoms with Gasteiger partial charge in [-0.05, 0) is 126 Å². The van der Waals surface area contributed by atoms with Crippen LogP contribution in [0.15, 0.2) is 41.3 Å². The number of likely N-dealkylation sites (tertiary alicyclic amines) is 1. The highest BCUT2D eigenvalue weighted by atomic mass is 35.5. The third-order valence-corrected chi connectivity index (χ3v) is 14.1. The van der Waals surface area contributed by atoms with Crippen molar-refractivity contribution >= 4 is 63.6 Å². The normalized spacial score (nSPS) is 22.0. The molecule has 2 aromatic carbocycles. The van der Waals surface area contributed by atoms with E-state index in [-0.39, 0.29) is 85.0 Å². The van der Waals surface area contributed by atoms with Crippen molar-refractivity contribution in [2.45, 2.75) is 115 Å². The molecule has 65 heavy (non-hydrogen) atoms. The number of likely N-dealkylation sites (N-methyl/N-ethyl adjacent to an activating group) is 1. The van der Waals surface area contributed by atoms with Crippen LogP contribution < -0.4 is 31.1 Å². The van der Waals surface area contributed by atoms with Gasteiger partial charge in [0.1, 0.15) is 16.9 Å². The number of aromatic nitrogens is 3. The van der Waals surface area contributed by atoms with E-state index in [1.165, 1.54) is 11.9 Å². The molecule has 1 atom stereocenters. The second kappa shape index (κ2) is 18.3. The zero-order chi connectivity index (χ0) is 45.7. The van der Waals surface area contributed by atoms with Crippen LogP contribution in [0.2, 0.25) is 5.02 Å². The number of hydrogen-bond donors (Lipinski definition) is 3. The van der Waals surface area contributed by atoms with Crippen molar-refractivity contribution in [2.24, 2.45) is 0 Å². The Morgan fingerprint density at radius 3 is 2.46 bits per heavy atom. The Labute approximate surface area is 381 Å². The molecule has 16 nitrogen and oxygen atoms in total. The average molecular weight is 912 g/mol. The largest absolute Gasteiger partial charge is 0.478 e. The standard InChI is InChI=1S/C47H55ClFN9O7/c1-25(2)58-36-6-5-29(18-28(36)19-38(46(58)63)64-24-40(60)50-4)52-43-35(48)22-51-47(54-43)56-15-11-31(12-16-56)65-32-20-30(21-32)55-13-9-27(10-14-55)41-26(3)17-33-34(42(41)49)23-57(45(33)62)37-7-8-39(59)53-44(37)61/h5-6,17-19,22,25,27,30-32,37H,7-16,20-21,23-24H2,1-4H3,(H,50,60)(H,51,52,54)(H,53,59,61)/t30-,32-,37?. The lowest BCUT2D eigenvalue weighted by Crippen LogP contribution is -2.52. The number of imide groups is 1. The van der Waals surface area contributed by atoms with Gasteiger partial charge in [0.25, 0.3) is 17.4 Å². The number of carbonyl (C=O) groups excluding carboxylic acids is 4. The zero-order valence-corrected chi connectivity index (χ0v) is 37.9. The molecule has 4 amide bonds. The smallest absolute Gasteiger partial charge is 0.293 e. The molecule has 5 aliphatic rings. The van der Waals surface area contributed by atoms with Gasteiger partial charge in [0.05, 0.1) is 30.5 Å². The lowest BCUT2D eigenvalue weighted by atomic mass is 9.81. The minimum absolute atomic E-state index is 0.0374. The van der Waals surface area contributed by atoms with Gasteiger partial charge < -0.3 is 39.4 Å². The topological polar surface area (TPSA) is 180 Å². The third kappa shape index (κ3) is 8.89. The fourth-order valence-electron chi connectivity index (χ4n) is 10.2. The number of carbonyl (C=O) groups is 4. The van der Waals surface area contributed by atoms with Crippen LogP contribution >= 0.6 is 11.6 Å². The number of anilines is 3. The number of amides is 4. The molecule has 2 aromatic heterocycles. The molecule has 1 unspecified atom stereocenters. The number of fused-ring (bicyclic) bond motifs is 2. The highest BCUT2D eigenvalue weighted by molar-refractivity contribution is 6.33. The highest BCUT2D eigenvalue weighted by Crippen LogP contribution is 2.41. The predicted molar refractivity (Wildman–Crippen MR) is 242 cm³/mol. The Bertz CT molecular complexity index is 2600. The summed E-state index contributed by atoms with van der Waals surface area (Å²) < 4.78 is 30.1. The predicted octanol–water partition coefficient (Wildman–Crippen LogP) is 5.50. The van der Waals surface area contributed by atoms with Crippen LogP contribution in [-0.4, -0.2) is 112 Å². The number of piperidine rings is 3. The Kier molecular flexibility index (Phi) is 12.6. The van der Waals surface area contributed by atoms with E-state index in [9.17, 15) is 24.0 Å². The first-order valence-corrected chi connectivity index (χ1v) is 23.1. The zero-order valence-electron chi connectivity index (χ0n) is 37.1. The molecule has 0 radical (unpaired) electrons. The molecule has 18 heteroatoms. The monoisotopic (exact) mass is 911 g/mol. The van der Waals surface area contributed by atoms with Gasteiger partial charge in [0.15, 0.2) is 18.2 Å². The molecule has 0 bridgehead atoms. The van der Waals surface area contributed by atoms with Crippen LogP contribution in [0.3, 0.4) is 0 Å². The Morgan fingerprint density at radius 2 is 1.75 bits per heavy atom. The van der Waals surface area contributed by atoms with Crippen LogP contribution in [0, 0.1) is 12.7 Å². The second-order valence-electron chi connectivity index (χ2n) is 18.2. The van der Waals surface area contributed by atoms with E-state index in [1.54, 1.807) is 22.9 Å². The maximum atomic E-state index is 16.3. The van der Waals surface area contributed by atoms with E-state index in [2.05, 4.69) is 30.7 Å². The molecule has 9 rings (SSSR count). The summed E-state index contributed by atoms with van der Waals surface area (Å²) in [6, 6.07) is 8.57. The number of nitrogens with zero attached hydrogens (tertiary/aromatic N) is 6. The molecule has 1 aliphatic carbocycles. The summed E-state index contributed by atoms with van der Waals surface area (Å²) in [4.78, 5) is 78.1. The molecule has 3 saturated heterocycles. The Morgan fingerprint density at radius 1 is 1.00 bits per heavy atom. The minimum Gasteiger partial charge on any atom is -0.478 e. The SMILES string of the molecule is CNC(=O)COc1cc2cc(Nc3nc(N4CCC(O[C@H]5C[C@H](N6CCC(c7c(C)cc8c(c7F)CN(C7CCC(=O)NC7=O)C8=O)CC6)C5)CC4)ncc3Cl)ccc2n(C(C)C)c1=O. The van der Waals surface area contributed by atoms with Gasteiger partial charge in [-0.1, -0.05) is 11.6 Å². The first-order chi connectivity index (χ1) is 31.3. The van der Waals surface area contributed by atoms with Crippen LogP contribution in [0.1, 0.15) is 104 Å². The number of benzene rings is 2. The maximum Gasteiger partial charge on any atom is 0.293 e. The van der Waals surface area contributed by atoms with E-state index < -0.39 is 11.9 Å². The number of hydrogen-bond acceptors (Lipinski definition) is 12. The van der Waals surface area contributed by atoms with Gasteiger partial charge in [-0.25, -0.2) is 9.37 Å². The molecule has 344 valence electrons. The van der Waals surface area contributed by atoms with Crippen molar-refractivity contribution < 1.29 is 33.0 Å². The van der Waals surface area contributed by atoms with Crippen molar-refractivity contribution in [2.75, 3.05) is 50.1 Å². The molecular weight excluding hydrogens is 857 g/mol. The van der Waals surface area contributed by atoms with Crippen LogP contribution in [-0.2, 0) is 25.7 Å². The summed E-state index contributed by atoms with van der Waals surface area (Å²) in [5, 5.41) is 9.25. The second-order valence-corrected chi connectivity index (χ2v) is 18.6. The first-order valence-electron chi connectivity index (χ1n) is 22.7. The molecule has 3 N–H and O–H groups in total. The summed E-state index contributed by atoms with van der Waals surface area (Å²) in [6.07, 6.45) is 7.62. The van der Waals surface area contributed by atoms with Crippen LogP contribution in [0.25, 0.3) is 10.9 Å².